The molecule has 2 aromatic carbocycles. The van der Waals surface area contributed by atoms with Crippen LogP contribution in [0.4, 0.5) is 0 Å². The number of benzene rings is 2. The molecule has 0 bridgehead atoms. The number of Topliss-reactive ketones (excluding diaryl/α,β-unsaturated/α-hetero) is 1. The van der Waals surface area contributed by atoms with Gasteiger partial charge in [0.2, 0.25) is 0 Å². The number of halogens is 1. The van der Waals surface area contributed by atoms with E-state index in [0.29, 0.717) is 11.4 Å². The number of imidazole rings is 1. The zero-order chi connectivity index (χ0) is 15.7. The molecule has 0 aliphatic rings. The highest BCUT2D eigenvalue weighted by molar-refractivity contribution is 14.1. The summed E-state index contributed by atoms with van der Waals surface area (Å²) in [5.74, 6) is -0.646. The zero-order valence-electron chi connectivity index (χ0n) is 11.8. The van der Waals surface area contributed by atoms with Gasteiger partial charge in [0, 0.05) is 16.2 Å². The molecular formula is C17H12IN3O. The van der Waals surface area contributed by atoms with Gasteiger partial charge in [0.1, 0.15) is 5.82 Å². The number of carbonyl (C=O) groups excluding carboxylic acids is 1. The van der Waals surface area contributed by atoms with Crippen LogP contribution in [0.5, 0.6) is 0 Å². The molecule has 3 aromatic rings. The summed E-state index contributed by atoms with van der Waals surface area (Å²) in [5.41, 5.74) is 2.26. The van der Waals surface area contributed by atoms with E-state index in [4.69, 9.17) is 0 Å². The molecule has 5 heteroatoms. The van der Waals surface area contributed by atoms with Crippen molar-refractivity contribution in [1.82, 2.24) is 9.55 Å². The van der Waals surface area contributed by atoms with Crippen LogP contribution in [0, 0.1) is 14.9 Å². The number of para-hydroxylation sites is 2. The van der Waals surface area contributed by atoms with Crippen molar-refractivity contribution in [2.75, 3.05) is 0 Å². The average Bonchev–Trinajstić information content (AvgIpc) is 2.86. The fraction of sp³-hybridized carbons (Fsp3) is 0.118. The van der Waals surface area contributed by atoms with Gasteiger partial charge < -0.3 is 4.57 Å². The van der Waals surface area contributed by atoms with E-state index in [-0.39, 0.29) is 5.78 Å². The van der Waals surface area contributed by atoms with Crippen molar-refractivity contribution in [1.29, 1.82) is 5.26 Å². The fourth-order valence-corrected chi connectivity index (χ4v) is 3.13. The number of nitrogens with zero attached hydrogens (tertiary/aromatic N) is 3. The molecule has 0 N–H and O–H groups in total. The van der Waals surface area contributed by atoms with Crippen LogP contribution in [0.2, 0.25) is 0 Å². The lowest BCUT2D eigenvalue weighted by Crippen LogP contribution is -2.16. The van der Waals surface area contributed by atoms with Crippen molar-refractivity contribution in [3.8, 4) is 6.07 Å². The number of nitriles is 1. The molecule has 0 amide bonds. The van der Waals surface area contributed by atoms with Crippen molar-refractivity contribution in [3.05, 3.63) is 63.5 Å². The highest BCUT2D eigenvalue weighted by Gasteiger charge is 2.27. The first-order valence-corrected chi connectivity index (χ1v) is 7.81. The maximum absolute atomic E-state index is 12.7. The normalized spacial score (nSPS) is 12.0. The number of carbonyl (C=O) groups is 1. The van der Waals surface area contributed by atoms with E-state index >= 15 is 0 Å². The third-order valence-electron chi connectivity index (χ3n) is 3.61. The van der Waals surface area contributed by atoms with Crippen molar-refractivity contribution in [2.45, 2.75) is 5.92 Å². The molecule has 108 valence electrons. The summed E-state index contributed by atoms with van der Waals surface area (Å²) in [7, 11) is 1.83. The second-order valence-electron chi connectivity index (χ2n) is 4.92. The number of fused-ring (bicyclic) bond motifs is 1. The summed E-state index contributed by atoms with van der Waals surface area (Å²) in [4.78, 5) is 17.2. The second-order valence-corrected chi connectivity index (χ2v) is 6.09. The molecule has 0 radical (unpaired) electrons. The molecule has 0 fully saturated rings. The predicted octanol–water partition coefficient (Wildman–Crippen LogP) is 3.67. The highest BCUT2D eigenvalue weighted by atomic mass is 127. The van der Waals surface area contributed by atoms with Crippen molar-refractivity contribution in [3.63, 3.8) is 0 Å². The van der Waals surface area contributed by atoms with Gasteiger partial charge in [-0.2, -0.15) is 5.26 Å². The Morgan fingerprint density at radius 1 is 1.23 bits per heavy atom. The molecule has 0 saturated heterocycles. The Kier molecular flexibility index (Phi) is 3.94. The van der Waals surface area contributed by atoms with Crippen LogP contribution >= 0.6 is 22.6 Å². The highest BCUT2D eigenvalue weighted by Crippen LogP contribution is 2.25. The molecule has 0 aliphatic heterocycles. The Bertz CT molecular complexity index is 908. The molecule has 1 aromatic heterocycles. The Morgan fingerprint density at radius 3 is 2.59 bits per heavy atom. The Morgan fingerprint density at radius 2 is 1.91 bits per heavy atom. The van der Waals surface area contributed by atoms with Gasteiger partial charge in [0.25, 0.3) is 0 Å². The Balaban J connectivity index is 2.11. The van der Waals surface area contributed by atoms with Gasteiger partial charge in [-0.3, -0.25) is 4.79 Å². The largest absolute Gasteiger partial charge is 0.330 e. The molecule has 3 rings (SSSR count). The lowest BCUT2D eigenvalue weighted by atomic mass is 9.98. The lowest BCUT2D eigenvalue weighted by Gasteiger charge is -2.10. The SMILES string of the molecule is Cn1c(C(C#N)C(=O)c2ccccc2I)nc2ccccc21. The van der Waals surface area contributed by atoms with Crippen LogP contribution in [0.25, 0.3) is 11.0 Å². The summed E-state index contributed by atoms with van der Waals surface area (Å²) in [5, 5.41) is 9.53. The number of aromatic nitrogens is 2. The smallest absolute Gasteiger partial charge is 0.188 e. The topological polar surface area (TPSA) is 58.7 Å². The van der Waals surface area contributed by atoms with E-state index in [1.54, 1.807) is 12.1 Å². The number of ketones is 1. The van der Waals surface area contributed by atoms with Gasteiger partial charge in [-0.15, -0.1) is 0 Å². The summed E-state index contributed by atoms with van der Waals surface area (Å²) < 4.78 is 2.65. The van der Waals surface area contributed by atoms with Crippen LogP contribution in [0.15, 0.2) is 48.5 Å². The van der Waals surface area contributed by atoms with Gasteiger partial charge in [-0.05, 0) is 40.8 Å². The van der Waals surface area contributed by atoms with Gasteiger partial charge in [-0.25, -0.2) is 4.98 Å². The minimum atomic E-state index is -0.909. The number of hydrogen-bond acceptors (Lipinski definition) is 3. The Labute approximate surface area is 141 Å². The number of hydrogen-bond donors (Lipinski definition) is 0. The minimum absolute atomic E-state index is 0.217. The lowest BCUT2D eigenvalue weighted by molar-refractivity contribution is 0.0974. The third kappa shape index (κ3) is 2.40. The predicted molar refractivity (Wildman–Crippen MR) is 92.6 cm³/mol. The standard InChI is InChI=1S/C17H12IN3O/c1-21-15-9-5-4-8-14(15)20-17(21)12(10-19)16(22)11-6-2-3-7-13(11)18/h2-9,12H,1H3. The molecule has 1 atom stereocenters. The molecule has 0 spiro atoms. The molecule has 0 saturated carbocycles. The maximum Gasteiger partial charge on any atom is 0.188 e. The quantitative estimate of drug-likeness (QED) is 0.497. The first kappa shape index (κ1) is 14.7. The van der Waals surface area contributed by atoms with Crippen molar-refractivity contribution >= 4 is 39.4 Å². The van der Waals surface area contributed by atoms with Crippen LogP contribution in [0.1, 0.15) is 22.1 Å². The summed E-state index contributed by atoms with van der Waals surface area (Å²) in [6, 6.07) is 17.0. The molecular weight excluding hydrogens is 389 g/mol. The molecule has 0 aliphatic carbocycles. The third-order valence-corrected chi connectivity index (χ3v) is 4.55. The zero-order valence-corrected chi connectivity index (χ0v) is 14.0. The van der Waals surface area contributed by atoms with Crippen LogP contribution in [-0.4, -0.2) is 15.3 Å². The molecule has 22 heavy (non-hydrogen) atoms. The minimum Gasteiger partial charge on any atom is -0.330 e. The van der Waals surface area contributed by atoms with Crippen LogP contribution in [-0.2, 0) is 7.05 Å². The monoisotopic (exact) mass is 401 g/mol. The summed E-state index contributed by atoms with van der Waals surface area (Å²) in [6.45, 7) is 0. The Hall–Kier alpha value is -2.20. The van der Waals surface area contributed by atoms with Crippen LogP contribution < -0.4 is 0 Å². The van der Waals surface area contributed by atoms with E-state index < -0.39 is 5.92 Å². The van der Waals surface area contributed by atoms with Crippen molar-refractivity contribution in [2.24, 2.45) is 7.05 Å². The van der Waals surface area contributed by atoms with E-state index in [1.165, 1.54) is 0 Å². The summed E-state index contributed by atoms with van der Waals surface area (Å²) in [6.07, 6.45) is 0. The van der Waals surface area contributed by atoms with E-state index in [1.807, 2.05) is 48.0 Å². The fourth-order valence-electron chi connectivity index (χ4n) is 2.47. The van der Waals surface area contributed by atoms with Gasteiger partial charge in [-0.1, -0.05) is 30.3 Å². The van der Waals surface area contributed by atoms with Gasteiger partial charge >= 0.3 is 0 Å². The maximum atomic E-state index is 12.7. The first-order chi connectivity index (χ1) is 10.6. The van der Waals surface area contributed by atoms with E-state index in [9.17, 15) is 10.1 Å². The van der Waals surface area contributed by atoms with Gasteiger partial charge in [0.15, 0.2) is 11.7 Å². The average molecular weight is 401 g/mol. The first-order valence-electron chi connectivity index (χ1n) is 6.73. The number of rotatable bonds is 3. The molecule has 4 nitrogen and oxygen atoms in total. The van der Waals surface area contributed by atoms with Gasteiger partial charge in [0.05, 0.1) is 17.1 Å². The molecule has 1 unspecified atom stereocenters. The second kappa shape index (κ2) is 5.89. The van der Waals surface area contributed by atoms with Crippen LogP contribution in [0.3, 0.4) is 0 Å². The van der Waals surface area contributed by atoms with E-state index in [0.717, 1.165) is 14.6 Å². The molecule has 1 heterocycles. The number of aryl methyl sites for hydroxylation is 1. The summed E-state index contributed by atoms with van der Waals surface area (Å²) >= 11 is 2.11. The van der Waals surface area contributed by atoms with Crippen molar-refractivity contribution < 1.29 is 4.79 Å². The van der Waals surface area contributed by atoms with E-state index in [2.05, 4.69) is 33.6 Å².